The third-order valence-corrected chi connectivity index (χ3v) is 4.98. The molecule has 0 aromatic carbocycles. The average molecular weight is 311 g/mol. The fourth-order valence-electron chi connectivity index (χ4n) is 3.33. The highest BCUT2D eigenvalue weighted by molar-refractivity contribution is 6.33. The van der Waals surface area contributed by atoms with E-state index in [9.17, 15) is 5.11 Å². The number of aromatic nitrogens is 4. The van der Waals surface area contributed by atoms with Crippen LogP contribution in [-0.4, -0.2) is 50.0 Å². The molecule has 4 heterocycles. The van der Waals surface area contributed by atoms with Crippen LogP contribution >= 0.6 is 11.6 Å². The molecule has 2 aliphatic rings. The predicted molar refractivity (Wildman–Crippen MR) is 73.7 cm³/mol. The molecule has 1 N–H and O–H groups in total. The Morgan fingerprint density at radius 2 is 2.33 bits per heavy atom. The number of rotatable bonds is 2. The molecular weight excluding hydrogens is 296 g/mol. The molecule has 2 aliphatic heterocycles. The van der Waals surface area contributed by atoms with E-state index in [1.807, 2.05) is 4.57 Å². The maximum Gasteiger partial charge on any atom is 0.166 e. The molecule has 4 unspecified atom stereocenters. The van der Waals surface area contributed by atoms with Crippen LogP contribution < -0.4 is 0 Å². The number of aliphatic hydroxyl groups is 1. The van der Waals surface area contributed by atoms with E-state index in [4.69, 9.17) is 21.1 Å². The Morgan fingerprint density at radius 3 is 3.10 bits per heavy atom. The monoisotopic (exact) mass is 310 g/mol. The van der Waals surface area contributed by atoms with Crippen LogP contribution in [0, 0.1) is 11.8 Å². The molecule has 4 atom stereocenters. The van der Waals surface area contributed by atoms with Gasteiger partial charge in [0.25, 0.3) is 0 Å². The normalized spacial score (nSPS) is 35.5. The van der Waals surface area contributed by atoms with Crippen LogP contribution in [0.4, 0.5) is 0 Å². The summed E-state index contributed by atoms with van der Waals surface area (Å²) in [5, 5.41) is 10.1. The van der Waals surface area contributed by atoms with Crippen molar-refractivity contribution in [2.45, 2.75) is 18.8 Å². The first-order chi connectivity index (χ1) is 10.2. The van der Waals surface area contributed by atoms with Gasteiger partial charge in [0.1, 0.15) is 23.7 Å². The zero-order valence-electron chi connectivity index (χ0n) is 11.4. The maximum absolute atomic E-state index is 9.73. The van der Waals surface area contributed by atoms with Gasteiger partial charge in [-0.25, -0.2) is 15.0 Å². The standard InChI is InChI=1S/C13H15ClN4O3/c1-7-8-2-20-4-13(7,3-19)21-12(8)18-6-17-9-10(14)15-5-16-11(9)18/h5-8,12,19H,2-4H2,1H3. The van der Waals surface area contributed by atoms with Crippen LogP contribution in [0.3, 0.4) is 0 Å². The molecule has 2 fully saturated rings. The van der Waals surface area contributed by atoms with Crippen LogP contribution in [0.15, 0.2) is 12.7 Å². The van der Waals surface area contributed by atoms with Crippen molar-refractivity contribution in [1.29, 1.82) is 0 Å². The number of ether oxygens (including phenoxy) is 2. The summed E-state index contributed by atoms with van der Waals surface area (Å²) in [5.41, 5.74) is 0.532. The zero-order chi connectivity index (χ0) is 14.6. The maximum atomic E-state index is 9.73. The van der Waals surface area contributed by atoms with E-state index < -0.39 is 5.60 Å². The Morgan fingerprint density at radius 1 is 1.48 bits per heavy atom. The lowest BCUT2D eigenvalue weighted by molar-refractivity contribution is -0.138. The Hall–Kier alpha value is -1.28. The van der Waals surface area contributed by atoms with Crippen molar-refractivity contribution < 1.29 is 14.6 Å². The zero-order valence-corrected chi connectivity index (χ0v) is 12.2. The van der Waals surface area contributed by atoms with Gasteiger partial charge in [-0.1, -0.05) is 18.5 Å². The minimum Gasteiger partial charge on any atom is -0.393 e. The minimum absolute atomic E-state index is 0.0659. The molecule has 112 valence electrons. The summed E-state index contributed by atoms with van der Waals surface area (Å²) >= 11 is 6.04. The highest BCUT2D eigenvalue weighted by Gasteiger charge is 2.56. The smallest absolute Gasteiger partial charge is 0.166 e. The SMILES string of the molecule is CC1C2COCC1(CO)OC2n1cnc2c(Cl)ncnc21. The number of imidazole rings is 1. The second-order valence-electron chi connectivity index (χ2n) is 5.69. The third kappa shape index (κ3) is 1.75. The van der Waals surface area contributed by atoms with Crippen molar-refractivity contribution in [3.63, 3.8) is 0 Å². The van der Waals surface area contributed by atoms with E-state index in [1.165, 1.54) is 6.33 Å². The summed E-state index contributed by atoms with van der Waals surface area (Å²) in [6, 6.07) is 0. The molecule has 0 spiro atoms. The van der Waals surface area contributed by atoms with Gasteiger partial charge < -0.3 is 14.6 Å². The average Bonchev–Trinajstić information content (AvgIpc) is 2.96. The number of hydrogen-bond donors (Lipinski definition) is 1. The van der Waals surface area contributed by atoms with Gasteiger partial charge in [-0.3, -0.25) is 4.57 Å². The summed E-state index contributed by atoms with van der Waals surface area (Å²) in [7, 11) is 0. The van der Waals surface area contributed by atoms with Crippen LogP contribution in [0.1, 0.15) is 13.2 Å². The number of aliphatic hydroxyl groups excluding tert-OH is 1. The van der Waals surface area contributed by atoms with Gasteiger partial charge in [-0.2, -0.15) is 0 Å². The van der Waals surface area contributed by atoms with Crippen LogP contribution in [0.2, 0.25) is 5.15 Å². The summed E-state index contributed by atoms with van der Waals surface area (Å²) < 4.78 is 13.6. The number of nitrogens with zero attached hydrogens (tertiary/aromatic N) is 4. The second-order valence-corrected chi connectivity index (χ2v) is 6.05. The van der Waals surface area contributed by atoms with Crippen molar-refractivity contribution in [3.8, 4) is 0 Å². The molecule has 4 rings (SSSR count). The molecule has 0 radical (unpaired) electrons. The van der Waals surface area contributed by atoms with Gasteiger partial charge in [0.05, 0.1) is 26.1 Å². The highest BCUT2D eigenvalue weighted by Crippen LogP contribution is 2.49. The van der Waals surface area contributed by atoms with E-state index in [2.05, 4.69) is 21.9 Å². The fourth-order valence-corrected chi connectivity index (χ4v) is 3.51. The van der Waals surface area contributed by atoms with E-state index in [0.29, 0.717) is 29.5 Å². The van der Waals surface area contributed by atoms with Gasteiger partial charge in [0, 0.05) is 5.92 Å². The van der Waals surface area contributed by atoms with Gasteiger partial charge >= 0.3 is 0 Å². The lowest BCUT2D eigenvalue weighted by Crippen LogP contribution is -2.47. The Kier molecular flexibility index (Phi) is 2.94. The van der Waals surface area contributed by atoms with Crippen molar-refractivity contribution in [2.75, 3.05) is 19.8 Å². The van der Waals surface area contributed by atoms with Crippen LogP contribution in [0.25, 0.3) is 11.2 Å². The molecule has 0 aliphatic carbocycles. The van der Waals surface area contributed by atoms with E-state index >= 15 is 0 Å². The minimum atomic E-state index is -0.652. The van der Waals surface area contributed by atoms with Crippen molar-refractivity contribution >= 4 is 22.8 Å². The molecule has 8 heteroatoms. The van der Waals surface area contributed by atoms with Crippen molar-refractivity contribution in [1.82, 2.24) is 19.5 Å². The fraction of sp³-hybridized carbons (Fsp3) is 0.615. The molecule has 21 heavy (non-hydrogen) atoms. The molecule has 2 aromatic heterocycles. The molecule has 2 saturated heterocycles. The van der Waals surface area contributed by atoms with Crippen LogP contribution in [-0.2, 0) is 9.47 Å². The van der Waals surface area contributed by atoms with E-state index in [-0.39, 0.29) is 24.7 Å². The topological polar surface area (TPSA) is 82.3 Å². The Balaban J connectivity index is 1.81. The van der Waals surface area contributed by atoms with Crippen LogP contribution in [0.5, 0.6) is 0 Å². The molecule has 0 saturated carbocycles. The summed E-state index contributed by atoms with van der Waals surface area (Å²) in [6.07, 6.45) is 2.80. The van der Waals surface area contributed by atoms with Gasteiger partial charge in [-0.15, -0.1) is 0 Å². The highest BCUT2D eigenvalue weighted by atomic mass is 35.5. The summed E-state index contributed by atoms with van der Waals surface area (Å²) in [4.78, 5) is 12.5. The van der Waals surface area contributed by atoms with E-state index in [1.54, 1.807) is 6.33 Å². The first kappa shape index (κ1) is 13.4. The Bertz CT molecular complexity index is 693. The summed E-state index contributed by atoms with van der Waals surface area (Å²) in [6.45, 7) is 3.01. The molecule has 2 aromatic rings. The lowest BCUT2D eigenvalue weighted by atomic mass is 9.81. The summed E-state index contributed by atoms with van der Waals surface area (Å²) in [5.74, 6) is 0.327. The molecule has 0 amide bonds. The van der Waals surface area contributed by atoms with E-state index in [0.717, 1.165) is 0 Å². The van der Waals surface area contributed by atoms with Gasteiger partial charge in [-0.05, 0) is 5.92 Å². The first-order valence-corrected chi connectivity index (χ1v) is 7.23. The molecule has 2 bridgehead atoms. The van der Waals surface area contributed by atoms with Crippen molar-refractivity contribution in [2.24, 2.45) is 11.8 Å². The number of halogens is 1. The van der Waals surface area contributed by atoms with Gasteiger partial charge in [0.2, 0.25) is 0 Å². The quantitative estimate of drug-likeness (QED) is 0.834. The predicted octanol–water partition coefficient (Wildman–Crippen LogP) is 1.02. The Labute approximate surface area is 125 Å². The number of hydrogen-bond acceptors (Lipinski definition) is 6. The molecule has 7 nitrogen and oxygen atoms in total. The lowest BCUT2D eigenvalue weighted by Gasteiger charge is -2.34. The molecular formula is C13H15ClN4O3. The van der Waals surface area contributed by atoms with Gasteiger partial charge in [0.15, 0.2) is 10.8 Å². The number of fused-ring (bicyclic) bond motifs is 3. The van der Waals surface area contributed by atoms with Crippen molar-refractivity contribution in [3.05, 3.63) is 17.8 Å². The largest absolute Gasteiger partial charge is 0.393 e. The first-order valence-electron chi connectivity index (χ1n) is 6.86. The second kappa shape index (κ2) is 4.61. The third-order valence-electron chi connectivity index (χ3n) is 4.71.